The average molecular weight is 582 g/mol. The second kappa shape index (κ2) is 13.6. The molecule has 0 heterocycles. The van der Waals surface area contributed by atoms with E-state index in [4.69, 9.17) is 4.74 Å². The third-order valence-corrected chi connectivity index (χ3v) is 9.14. The molecule has 0 aromatic heterocycles. The summed E-state index contributed by atoms with van der Waals surface area (Å²) in [6.07, 6.45) is 5.01. The van der Waals surface area contributed by atoms with E-state index in [9.17, 15) is 22.4 Å². The van der Waals surface area contributed by atoms with Crippen LogP contribution >= 0.6 is 0 Å². The minimum Gasteiger partial charge on any atom is -0.497 e. The number of nitrogens with zero attached hydrogens (tertiary/aromatic N) is 2. The van der Waals surface area contributed by atoms with Crippen LogP contribution in [0.5, 0.6) is 5.75 Å². The topological polar surface area (TPSA) is 96.0 Å². The number of carbonyl (C=O) groups excluding carboxylic acids is 2. The third-order valence-electron chi connectivity index (χ3n) is 7.36. The Morgan fingerprint density at radius 2 is 1.59 bits per heavy atom. The molecule has 1 fully saturated rings. The number of sulfonamides is 1. The molecule has 1 N–H and O–H groups in total. The molecule has 1 atom stereocenters. The fourth-order valence-electron chi connectivity index (χ4n) is 4.94. The predicted molar refractivity (Wildman–Crippen MR) is 155 cm³/mol. The summed E-state index contributed by atoms with van der Waals surface area (Å²) in [5.74, 6) is -0.921. The van der Waals surface area contributed by atoms with Crippen LogP contribution in [-0.2, 0) is 26.2 Å². The molecule has 218 valence electrons. The summed E-state index contributed by atoms with van der Waals surface area (Å²) in [5, 5.41) is 3.08. The second-order valence-corrected chi connectivity index (χ2v) is 12.1. The summed E-state index contributed by atoms with van der Waals surface area (Å²) in [7, 11) is -2.78. The lowest BCUT2D eigenvalue weighted by Crippen LogP contribution is -2.53. The number of benzene rings is 3. The average Bonchev–Trinajstić information content (AvgIpc) is 2.99. The Hall–Kier alpha value is -3.92. The highest BCUT2D eigenvalue weighted by molar-refractivity contribution is 7.92. The summed E-state index contributed by atoms with van der Waals surface area (Å²) in [6, 6.07) is 19.1. The fraction of sp³-hybridized carbons (Fsp3) is 0.355. The monoisotopic (exact) mass is 581 g/mol. The Morgan fingerprint density at radius 1 is 0.951 bits per heavy atom. The van der Waals surface area contributed by atoms with E-state index >= 15 is 0 Å². The van der Waals surface area contributed by atoms with Crippen molar-refractivity contribution in [3.63, 3.8) is 0 Å². The minimum absolute atomic E-state index is 0.0542. The number of hydrogen-bond acceptors (Lipinski definition) is 5. The number of amides is 2. The first-order valence-electron chi connectivity index (χ1n) is 13.7. The number of carbonyl (C=O) groups is 2. The number of anilines is 1. The quantitative estimate of drug-likeness (QED) is 0.348. The molecule has 3 aromatic rings. The Labute approximate surface area is 241 Å². The van der Waals surface area contributed by atoms with Crippen LogP contribution in [0, 0.1) is 5.82 Å². The van der Waals surface area contributed by atoms with E-state index in [0.29, 0.717) is 5.75 Å². The third kappa shape index (κ3) is 7.64. The van der Waals surface area contributed by atoms with Gasteiger partial charge in [-0.3, -0.25) is 13.9 Å². The van der Waals surface area contributed by atoms with Crippen molar-refractivity contribution in [1.29, 1.82) is 0 Å². The SMILES string of the molecule is COc1ccc(S(=O)(=O)N(CC(=O)N(Cc2ccccc2)C(C)C(=O)NC2CCCCC2)c2ccc(F)cc2)cc1. The summed E-state index contributed by atoms with van der Waals surface area (Å²) in [5.41, 5.74) is 0.916. The van der Waals surface area contributed by atoms with Gasteiger partial charge in [0.1, 0.15) is 24.2 Å². The van der Waals surface area contributed by atoms with E-state index < -0.39 is 34.3 Å². The van der Waals surface area contributed by atoms with Gasteiger partial charge >= 0.3 is 0 Å². The number of hydrogen-bond donors (Lipinski definition) is 1. The number of halogens is 1. The lowest BCUT2D eigenvalue weighted by Gasteiger charge is -2.33. The molecule has 3 aromatic carbocycles. The number of nitrogens with one attached hydrogen (secondary N) is 1. The van der Waals surface area contributed by atoms with Gasteiger partial charge in [-0.2, -0.15) is 0 Å². The van der Waals surface area contributed by atoms with Crippen LogP contribution in [-0.4, -0.2) is 50.9 Å². The van der Waals surface area contributed by atoms with Gasteiger partial charge in [0.25, 0.3) is 10.0 Å². The highest BCUT2D eigenvalue weighted by Crippen LogP contribution is 2.26. The molecular weight excluding hydrogens is 545 g/mol. The van der Waals surface area contributed by atoms with Crippen molar-refractivity contribution >= 4 is 27.5 Å². The Kier molecular flexibility index (Phi) is 9.99. The molecule has 1 aliphatic carbocycles. The van der Waals surface area contributed by atoms with Gasteiger partial charge in [0.2, 0.25) is 11.8 Å². The maximum Gasteiger partial charge on any atom is 0.264 e. The van der Waals surface area contributed by atoms with Crippen LogP contribution in [0.15, 0.2) is 83.8 Å². The van der Waals surface area contributed by atoms with E-state index in [0.717, 1.165) is 54.1 Å². The predicted octanol–water partition coefficient (Wildman–Crippen LogP) is 4.90. The van der Waals surface area contributed by atoms with Gasteiger partial charge in [0, 0.05) is 12.6 Å². The first-order valence-corrected chi connectivity index (χ1v) is 15.2. The molecule has 10 heteroatoms. The molecule has 2 amide bonds. The minimum atomic E-state index is -4.25. The van der Waals surface area contributed by atoms with Crippen molar-refractivity contribution in [3.8, 4) is 5.75 Å². The molecule has 0 saturated heterocycles. The van der Waals surface area contributed by atoms with Gasteiger partial charge in [-0.25, -0.2) is 12.8 Å². The zero-order valence-electron chi connectivity index (χ0n) is 23.3. The lowest BCUT2D eigenvalue weighted by molar-refractivity contribution is -0.139. The zero-order valence-corrected chi connectivity index (χ0v) is 24.1. The van der Waals surface area contributed by atoms with Crippen molar-refractivity contribution in [1.82, 2.24) is 10.2 Å². The van der Waals surface area contributed by atoms with E-state index in [-0.39, 0.29) is 29.1 Å². The molecule has 8 nitrogen and oxygen atoms in total. The summed E-state index contributed by atoms with van der Waals surface area (Å²) >= 11 is 0. The molecule has 0 aliphatic heterocycles. The van der Waals surface area contributed by atoms with Gasteiger partial charge in [-0.05, 0) is 73.9 Å². The molecule has 1 saturated carbocycles. The van der Waals surface area contributed by atoms with Crippen molar-refractivity contribution in [3.05, 3.63) is 90.2 Å². The molecular formula is C31H36FN3O5S. The number of rotatable bonds is 11. The lowest BCUT2D eigenvalue weighted by atomic mass is 9.95. The van der Waals surface area contributed by atoms with Crippen molar-refractivity contribution in [2.75, 3.05) is 18.0 Å². The summed E-state index contributed by atoms with van der Waals surface area (Å²) in [6.45, 7) is 1.17. The molecule has 1 unspecified atom stereocenters. The second-order valence-electron chi connectivity index (χ2n) is 10.2. The Balaban J connectivity index is 1.65. The number of ether oxygens (including phenoxy) is 1. The highest BCUT2D eigenvalue weighted by atomic mass is 32.2. The van der Waals surface area contributed by atoms with Crippen LogP contribution in [0.25, 0.3) is 0 Å². The molecule has 4 rings (SSSR count). The van der Waals surface area contributed by atoms with E-state index in [1.54, 1.807) is 6.92 Å². The van der Waals surface area contributed by atoms with Crippen LogP contribution < -0.4 is 14.4 Å². The van der Waals surface area contributed by atoms with Gasteiger partial charge in [0.15, 0.2) is 0 Å². The van der Waals surface area contributed by atoms with Crippen LogP contribution in [0.2, 0.25) is 0 Å². The Morgan fingerprint density at radius 3 is 2.20 bits per heavy atom. The summed E-state index contributed by atoms with van der Waals surface area (Å²) in [4.78, 5) is 28.6. The van der Waals surface area contributed by atoms with Crippen molar-refractivity contribution < 1.29 is 27.1 Å². The van der Waals surface area contributed by atoms with Gasteiger partial charge < -0.3 is 15.0 Å². The smallest absolute Gasteiger partial charge is 0.264 e. The van der Waals surface area contributed by atoms with Crippen LogP contribution in [0.1, 0.15) is 44.6 Å². The molecule has 0 spiro atoms. The maximum absolute atomic E-state index is 14.0. The first kappa shape index (κ1) is 30.0. The molecule has 41 heavy (non-hydrogen) atoms. The standard InChI is InChI=1S/C31H36FN3O5S/c1-23(31(37)33-26-11-7-4-8-12-26)34(21-24-9-5-3-6-10-24)30(36)22-35(27-15-13-25(32)14-16-27)41(38,39)29-19-17-28(40-2)18-20-29/h3,5-6,9-10,13-20,23,26H,4,7-8,11-12,21-22H2,1-2H3,(H,33,37). The first-order chi connectivity index (χ1) is 19.7. The normalized spacial score (nSPS) is 14.6. The molecule has 1 aliphatic rings. The summed E-state index contributed by atoms with van der Waals surface area (Å²) < 4.78 is 47.5. The van der Waals surface area contributed by atoms with E-state index in [2.05, 4.69) is 5.32 Å². The van der Waals surface area contributed by atoms with Gasteiger partial charge in [-0.1, -0.05) is 49.6 Å². The largest absolute Gasteiger partial charge is 0.497 e. The van der Waals surface area contributed by atoms with Gasteiger partial charge in [-0.15, -0.1) is 0 Å². The fourth-order valence-corrected chi connectivity index (χ4v) is 6.36. The number of methoxy groups -OCH3 is 1. The zero-order chi connectivity index (χ0) is 29.4. The molecule has 0 radical (unpaired) electrons. The van der Waals surface area contributed by atoms with E-state index in [1.807, 2.05) is 30.3 Å². The van der Waals surface area contributed by atoms with Crippen molar-refractivity contribution in [2.45, 2.75) is 62.6 Å². The molecule has 0 bridgehead atoms. The highest BCUT2D eigenvalue weighted by Gasteiger charge is 2.33. The van der Waals surface area contributed by atoms with Crippen LogP contribution in [0.3, 0.4) is 0 Å². The Bertz CT molecular complexity index is 1410. The van der Waals surface area contributed by atoms with Crippen molar-refractivity contribution in [2.24, 2.45) is 0 Å². The van der Waals surface area contributed by atoms with Crippen LogP contribution in [0.4, 0.5) is 10.1 Å². The van der Waals surface area contributed by atoms with E-state index in [1.165, 1.54) is 48.4 Å². The van der Waals surface area contributed by atoms with Gasteiger partial charge in [0.05, 0.1) is 17.7 Å². The maximum atomic E-state index is 14.0.